The second kappa shape index (κ2) is 6.12. The summed E-state index contributed by atoms with van der Waals surface area (Å²) in [6.45, 7) is 5.89. The summed E-state index contributed by atoms with van der Waals surface area (Å²) < 4.78 is 11.1. The average Bonchev–Trinajstić information content (AvgIpc) is 2.83. The maximum absolute atomic E-state index is 11.9. The maximum Gasteiger partial charge on any atom is 0.252 e. The van der Waals surface area contributed by atoms with Crippen LogP contribution in [0.2, 0.25) is 0 Å². The average molecular weight is 264 g/mol. The van der Waals surface area contributed by atoms with Crippen LogP contribution in [0.3, 0.4) is 0 Å². The van der Waals surface area contributed by atoms with Gasteiger partial charge in [-0.2, -0.15) is 0 Å². The molecule has 1 aromatic heterocycles. The van der Waals surface area contributed by atoms with Crippen molar-refractivity contribution in [2.75, 3.05) is 19.8 Å². The van der Waals surface area contributed by atoms with Crippen LogP contribution < -0.4 is 5.32 Å². The number of rotatable bonds is 5. The van der Waals surface area contributed by atoms with Gasteiger partial charge < -0.3 is 14.8 Å². The number of hydrogen-bond donors (Lipinski definition) is 1. The lowest BCUT2D eigenvalue weighted by Gasteiger charge is -2.26. The molecule has 0 spiro atoms. The van der Waals surface area contributed by atoms with Crippen LogP contribution in [0.15, 0.2) is 24.5 Å². The number of ether oxygens (including phenoxy) is 2. The highest BCUT2D eigenvalue weighted by Gasteiger charge is 2.32. The van der Waals surface area contributed by atoms with Crippen LogP contribution in [-0.4, -0.2) is 36.4 Å². The number of carbonyl (C=O) groups excluding carboxylic acids is 1. The highest BCUT2D eigenvalue weighted by Crippen LogP contribution is 2.26. The first-order chi connectivity index (χ1) is 9.09. The van der Waals surface area contributed by atoms with Gasteiger partial charge in [0.05, 0.1) is 18.8 Å². The van der Waals surface area contributed by atoms with Gasteiger partial charge in [0.15, 0.2) is 5.79 Å². The Morgan fingerprint density at radius 1 is 1.53 bits per heavy atom. The Morgan fingerprint density at radius 2 is 2.26 bits per heavy atom. The van der Waals surface area contributed by atoms with E-state index in [1.54, 1.807) is 24.5 Å². The summed E-state index contributed by atoms with van der Waals surface area (Å²) >= 11 is 0. The van der Waals surface area contributed by atoms with Gasteiger partial charge in [-0.1, -0.05) is 6.92 Å². The minimum absolute atomic E-state index is 0.0987. The fourth-order valence-electron chi connectivity index (χ4n) is 2.25. The molecule has 1 aromatic rings. The predicted octanol–water partition coefficient (Wildman–Crippen LogP) is 1.60. The molecule has 0 aromatic carbocycles. The van der Waals surface area contributed by atoms with E-state index in [1.165, 1.54) is 0 Å². The van der Waals surface area contributed by atoms with Crippen LogP contribution in [0, 0.1) is 5.92 Å². The second-order valence-electron chi connectivity index (χ2n) is 5.09. The van der Waals surface area contributed by atoms with E-state index in [1.807, 2.05) is 6.92 Å². The van der Waals surface area contributed by atoms with E-state index in [2.05, 4.69) is 17.2 Å². The number of amides is 1. The quantitative estimate of drug-likeness (QED) is 0.877. The van der Waals surface area contributed by atoms with Crippen LogP contribution in [0.4, 0.5) is 0 Å². The molecule has 5 heteroatoms. The summed E-state index contributed by atoms with van der Waals surface area (Å²) in [5.74, 6) is -0.319. The van der Waals surface area contributed by atoms with E-state index in [-0.39, 0.29) is 11.8 Å². The molecule has 1 aliphatic rings. The van der Waals surface area contributed by atoms with Crippen LogP contribution >= 0.6 is 0 Å². The second-order valence-corrected chi connectivity index (χ2v) is 5.09. The molecule has 1 amide bonds. The van der Waals surface area contributed by atoms with Gasteiger partial charge in [-0.3, -0.25) is 9.78 Å². The van der Waals surface area contributed by atoms with Crippen molar-refractivity contribution in [2.24, 2.45) is 5.92 Å². The van der Waals surface area contributed by atoms with E-state index in [0.717, 1.165) is 6.42 Å². The third-order valence-electron chi connectivity index (χ3n) is 3.15. The molecule has 1 atom stereocenters. The zero-order valence-electron chi connectivity index (χ0n) is 11.4. The summed E-state index contributed by atoms with van der Waals surface area (Å²) in [5.41, 5.74) is 0.578. The standard InChI is InChI=1S/C14H20N2O3/c1-11(8-14(2)18-6-7-19-14)9-16-13(17)12-4-3-5-15-10-12/h3-5,10-11H,6-9H2,1-2H3,(H,16,17). The Balaban J connectivity index is 1.77. The number of hydrogen-bond acceptors (Lipinski definition) is 4. The molecule has 0 bridgehead atoms. The Bertz CT molecular complexity index is 416. The summed E-state index contributed by atoms with van der Waals surface area (Å²) in [6.07, 6.45) is 3.97. The smallest absolute Gasteiger partial charge is 0.252 e. The van der Waals surface area contributed by atoms with Crippen molar-refractivity contribution in [3.05, 3.63) is 30.1 Å². The lowest BCUT2D eigenvalue weighted by atomic mass is 10.0. The molecule has 0 radical (unpaired) electrons. The zero-order chi connectivity index (χ0) is 13.7. The Morgan fingerprint density at radius 3 is 2.89 bits per heavy atom. The van der Waals surface area contributed by atoms with Crippen molar-refractivity contribution >= 4 is 5.91 Å². The predicted molar refractivity (Wildman–Crippen MR) is 70.7 cm³/mol. The van der Waals surface area contributed by atoms with Crippen LogP contribution in [-0.2, 0) is 9.47 Å². The minimum Gasteiger partial charge on any atom is -0.352 e. The first-order valence-electron chi connectivity index (χ1n) is 6.55. The first-order valence-corrected chi connectivity index (χ1v) is 6.55. The largest absolute Gasteiger partial charge is 0.352 e. The summed E-state index contributed by atoms with van der Waals surface area (Å²) in [7, 11) is 0. The topological polar surface area (TPSA) is 60.5 Å². The third kappa shape index (κ3) is 4.01. The molecule has 2 rings (SSSR count). The normalized spacial score (nSPS) is 19.1. The van der Waals surface area contributed by atoms with E-state index in [9.17, 15) is 4.79 Å². The third-order valence-corrected chi connectivity index (χ3v) is 3.15. The lowest BCUT2D eigenvalue weighted by molar-refractivity contribution is -0.153. The molecule has 1 saturated heterocycles. The van der Waals surface area contributed by atoms with Gasteiger partial charge in [-0.05, 0) is 25.0 Å². The van der Waals surface area contributed by atoms with Gasteiger partial charge in [0.2, 0.25) is 0 Å². The van der Waals surface area contributed by atoms with Crippen molar-refractivity contribution < 1.29 is 14.3 Å². The summed E-state index contributed by atoms with van der Waals surface area (Å²) in [4.78, 5) is 15.8. The highest BCUT2D eigenvalue weighted by atomic mass is 16.7. The Labute approximate surface area is 113 Å². The molecule has 0 aliphatic carbocycles. The van der Waals surface area contributed by atoms with Crippen LogP contribution in [0.5, 0.6) is 0 Å². The van der Waals surface area contributed by atoms with Crippen molar-refractivity contribution in [2.45, 2.75) is 26.1 Å². The van der Waals surface area contributed by atoms with E-state index in [0.29, 0.717) is 25.3 Å². The van der Waals surface area contributed by atoms with Crippen molar-refractivity contribution in [1.82, 2.24) is 10.3 Å². The number of carbonyl (C=O) groups is 1. The number of nitrogens with one attached hydrogen (secondary N) is 1. The van der Waals surface area contributed by atoms with Gasteiger partial charge in [0.25, 0.3) is 5.91 Å². The Kier molecular flexibility index (Phi) is 4.50. The van der Waals surface area contributed by atoms with Crippen molar-refractivity contribution in [3.63, 3.8) is 0 Å². The first kappa shape index (κ1) is 14.0. The monoisotopic (exact) mass is 264 g/mol. The molecule has 2 heterocycles. The molecular weight excluding hydrogens is 244 g/mol. The highest BCUT2D eigenvalue weighted by molar-refractivity contribution is 5.93. The summed E-state index contributed by atoms with van der Waals surface area (Å²) in [6, 6.07) is 3.50. The fraction of sp³-hybridized carbons (Fsp3) is 0.571. The molecule has 19 heavy (non-hydrogen) atoms. The number of pyridine rings is 1. The van der Waals surface area contributed by atoms with Gasteiger partial charge in [0.1, 0.15) is 0 Å². The van der Waals surface area contributed by atoms with Crippen LogP contribution in [0.25, 0.3) is 0 Å². The van der Waals surface area contributed by atoms with Crippen molar-refractivity contribution in [3.8, 4) is 0 Å². The minimum atomic E-state index is -0.502. The van der Waals surface area contributed by atoms with Gasteiger partial charge in [-0.15, -0.1) is 0 Å². The fourth-order valence-corrected chi connectivity index (χ4v) is 2.25. The van der Waals surface area contributed by atoms with E-state index >= 15 is 0 Å². The Hall–Kier alpha value is -1.46. The van der Waals surface area contributed by atoms with Gasteiger partial charge in [0, 0.05) is 25.4 Å². The molecule has 1 aliphatic heterocycles. The zero-order valence-corrected chi connectivity index (χ0v) is 11.4. The molecule has 5 nitrogen and oxygen atoms in total. The lowest BCUT2D eigenvalue weighted by Crippen LogP contribution is -2.34. The molecule has 0 saturated carbocycles. The van der Waals surface area contributed by atoms with E-state index < -0.39 is 5.79 Å². The molecule has 1 fully saturated rings. The van der Waals surface area contributed by atoms with Gasteiger partial charge >= 0.3 is 0 Å². The van der Waals surface area contributed by atoms with Gasteiger partial charge in [-0.25, -0.2) is 0 Å². The SMILES string of the molecule is CC(CNC(=O)c1cccnc1)CC1(C)OCCO1. The molecule has 1 unspecified atom stereocenters. The van der Waals surface area contributed by atoms with Crippen LogP contribution in [0.1, 0.15) is 30.6 Å². The summed E-state index contributed by atoms with van der Waals surface area (Å²) in [5, 5.41) is 2.90. The van der Waals surface area contributed by atoms with E-state index in [4.69, 9.17) is 9.47 Å². The number of nitrogens with zero attached hydrogens (tertiary/aromatic N) is 1. The maximum atomic E-state index is 11.9. The number of aromatic nitrogens is 1. The van der Waals surface area contributed by atoms with Crippen molar-refractivity contribution in [1.29, 1.82) is 0 Å². The molecule has 1 N–H and O–H groups in total. The molecular formula is C14H20N2O3. The molecule has 104 valence electrons.